The smallest absolute Gasteiger partial charge is 0.259 e. The van der Waals surface area contributed by atoms with Crippen LogP contribution in [0.2, 0.25) is 0 Å². The molecule has 0 saturated carbocycles. The molecule has 0 radical (unpaired) electrons. The zero-order valence-electron chi connectivity index (χ0n) is 14.4. The van der Waals surface area contributed by atoms with Crippen LogP contribution in [-0.2, 0) is 17.7 Å². The molecule has 1 aromatic carbocycles. The monoisotopic (exact) mass is 356 g/mol. The third-order valence-corrected chi connectivity index (χ3v) is 4.80. The summed E-state index contributed by atoms with van der Waals surface area (Å²) in [7, 11) is 0. The van der Waals surface area contributed by atoms with Gasteiger partial charge >= 0.3 is 0 Å². The van der Waals surface area contributed by atoms with Crippen molar-refractivity contribution in [3.05, 3.63) is 53.0 Å². The number of pyridine rings is 1. The van der Waals surface area contributed by atoms with E-state index in [2.05, 4.69) is 15.6 Å². The van der Waals surface area contributed by atoms with Crippen LogP contribution in [0.5, 0.6) is 0 Å². The summed E-state index contributed by atoms with van der Waals surface area (Å²) in [4.78, 5) is 19.2. The maximum atomic E-state index is 14.8. The Labute approximate surface area is 151 Å². The number of carbonyl (C=O) groups is 1. The molecule has 2 aliphatic heterocycles. The minimum Gasteiger partial charge on any atom is -0.378 e. The lowest BCUT2D eigenvalue weighted by molar-refractivity contribution is 0.102. The van der Waals surface area contributed by atoms with Crippen LogP contribution in [0.25, 0.3) is 0 Å². The second kappa shape index (κ2) is 7.39. The van der Waals surface area contributed by atoms with Gasteiger partial charge in [-0.05, 0) is 42.3 Å². The Morgan fingerprint density at radius 3 is 2.96 bits per heavy atom. The van der Waals surface area contributed by atoms with Gasteiger partial charge in [0.1, 0.15) is 11.6 Å². The highest BCUT2D eigenvalue weighted by Gasteiger charge is 2.22. The largest absolute Gasteiger partial charge is 0.378 e. The normalized spacial score (nSPS) is 16.9. The SMILES string of the molecule is O=C(Nc1ccc2c(c1F)CCNC2)c1cccnc1N1CCOCC1. The molecule has 1 amide bonds. The van der Waals surface area contributed by atoms with Gasteiger partial charge in [-0.15, -0.1) is 0 Å². The van der Waals surface area contributed by atoms with E-state index in [1.807, 2.05) is 11.0 Å². The molecule has 1 fully saturated rings. The molecule has 0 bridgehead atoms. The predicted octanol–water partition coefficient (Wildman–Crippen LogP) is 1.96. The summed E-state index contributed by atoms with van der Waals surface area (Å²) >= 11 is 0. The summed E-state index contributed by atoms with van der Waals surface area (Å²) in [5, 5.41) is 5.94. The van der Waals surface area contributed by atoms with Crippen LogP contribution in [0.15, 0.2) is 30.5 Å². The maximum absolute atomic E-state index is 14.8. The van der Waals surface area contributed by atoms with Crippen LogP contribution < -0.4 is 15.5 Å². The fourth-order valence-corrected chi connectivity index (χ4v) is 3.42. The number of nitrogens with one attached hydrogen (secondary N) is 2. The molecule has 2 N–H and O–H groups in total. The fourth-order valence-electron chi connectivity index (χ4n) is 3.42. The second-order valence-corrected chi connectivity index (χ2v) is 6.42. The number of hydrogen-bond donors (Lipinski definition) is 2. The van der Waals surface area contributed by atoms with E-state index in [0.717, 1.165) is 12.1 Å². The van der Waals surface area contributed by atoms with Crippen molar-refractivity contribution in [1.29, 1.82) is 0 Å². The number of amides is 1. The van der Waals surface area contributed by atoms with Crippen molar-refractivity contribution < 1.29 is 13.9 Å². The summed E-state index contributed by atoms with van der Waals surface area (Å²) in [6.45, 7) is 3.96. The molecule has 1 saturated heterocycles. The molecular formula is C19H21FN4O2. The first-order valence-corrected chi connectivity index (χ1v) is 8.84. The Morgan fingerprint density at radius 2 is 2.12 bits per heavy atom. The first-order valence-electron chi connectivity index (χ1n) is 8.84. The molecule has 0 atom stereocenters. The number of anilines is 2. The van der Waals surface area contributed by atoms with Gasteiger partial charge in [0.15, 0.2) is 0 Å². The van der Waals surface area contributed by atoms with Crippen LogP contribution in [0, 0.1) is 5.82 Å². The molecule has 6 nitrogen and oxygen atoms in total. The number of ether oxygens (including phenoxy) is 1. The van der Waals surface area contributed by atoms with E-state index in [-0.39, 0.29) is 17.4 Å². The number of aromatic nitrogens is 1. The zero-order valence-corrected chi connectivity index (χ0v) is 14.4. The van der Waals surface area contributed by atoms with Crippen LogP contribution in [0.1, 0.15) is 21.5 Å². The number of carbonyl (C=O) groups excluding carboxylic acids is 1. The van der Waals surface area contributed by atoms with Gasteiger partial charge in [0.25, 0.3) is 5.91 Å². The molecule has 0 aliphatic carbocycles. The van der Waals surface area contributed by atoms with Crippen LogP contribution >= 0.6 is 0 Å². The van der Waals surface area contributed by atoms with Crippen molar-refractivity contribution in [3.63, 3.8) is 0 Å². The zero-order chi connectivity index (χ0) is 17.9. The molecule has 7 heteroatoms. The summed E-state index contributed by atoms with van der Waals surface area (Å²) in [6, 6.07) is 6.93. The lowest BCUT2D eigenvalue weighted by Crippen LogP contribution is -2.38. The molecule has 3 heterocycles. The number of rotatable bonds is 3. The van der Waals surface area contributed by atoms with E-state index >= 15 is 0 Å². The Hall–Kier alpha value is -2.51. The number of fused-ring (bicyclic) bond motifs is 1. The van der Waals surface area contributed by atoms with Crippen molar-refractivity contribution in [2.45, 2.75) is 13.0 Å². The van der Waals surface area contributed by atoms with E-state index in [9.17, 15) is 9.18 Å². The van der Waals surface area contributed by atoms with Gasteiger partial charge in [-0.2, -0.15) is 0 Å². The summed E-state index contributed by atoms with van der Waals surface area (Å²) in [6.07, 6.45) is 2.28. The highest BCUT2D eigenvalue weighted by atomic mass is 19.1. The van der Waals surface area contributed by atoms with Gasteiger partial charge in [-0.25, -0.2) is 9.37 Å². The molecule has 4 rings (SSSR count). The molecule has 0 unspecified atom stereocenters. The number of halogens is 1. The lowest BCUT2D eigenvalue weighted by atomic mass is 9.99. The van der Waals surface area contributed by atoms with E-state index in [1.165, 1.54) is 0 Å². The van der Waals surface area contributed by atoms with E-state index in [0.29, 0.717) is 56.2 Å². The molecule has 136 valence electrons. The van der Waals surface area contributed by atoms with Crippen molar-refractivity contribution in [1.82, 2.24) is 10.3 Å². The van der Waals surface area contributed by atoms with Crippen LogP contribution in [0.3, 0.4) is 0 Å². The predicted molar refractivity (Wildman–Crippen MR) is 97.0 cm³/mol. The van der Waals surface area contributed by atoms with Gasteiger partial charge in [-0.3, -0.25) is 4.79 Å². The quantitative estimate of drug-likeness (QED) is 0.880. The molecule has 0 spiro atoms. The van der Waals surface area contributed by atoms with E-state index in [1.54, 1.807) is 24.4 Å². The lowest BCUT2D eigenvalue weighted by Gasteiger charge is -2.29. The Balaban J connectivity index is 1.59. The summed E-state index contributed by atoms with van der Waals surface area (Å²) < 4.78 is 20.2. The Morgan fingerprint density at radius 1 is 1.27 bits per heavy atom. The van der Waals surface area contributed by atoms with Crippen LogP contribution in [0.4, 0.5) is 15.9 Å². The third-order valence-electron chi connectivity index (χ3n) is 4.80. The maximum Gasteiger partial charge on any atom is 0.259 e. The number of nitrogens with zero attached hydrogens (tertiary/aromatic N) is 2. The Kier molecular flexibility index (Phi) is 4.81. The van der Waals surface area contributed by atoms with Crippen molar-refractivity contribution in [2.24, 2.45) is 0 Å². The van der Waals surface area contributed by atoms with Gasteiger partial charge < -0.3 is 20.3 Å². The number of hydrogen-bond acceptors (Lipinski definition) is 5. The highest BCUT2D eigenvalue weighted by Crippen LogP contribution is 2.26. The summed E-state index contributed by atoms with van der Waals surface area (Å²) in [5.41, 5.74) is 2.28. The standard InChI is InChI=1S/C19H21FN4O2/c20-17-14-5-7-21-12-13(14)3-4-16(17)23-19(25)15-2-1-6-22-18(15)24-8-10-26-11-9-24/h1-4,6,21H,5,7-12H2,(H,23,25). The van der Waals surface area contributed by atoms with Crippen molar-refractivity contribution in [3.8, 4) is 0 Å². The summed E-state index contributed by atoms with van der Waals surface area (Å²) in [5.74, 6) is -0.0857. The minimum atomic E-state index is -0.354. The highest BCUT2D eigenvalue weighted by molar-refractivity contribution is 6.07. The first-order chi connectivity index (χ1) is 12.7. The molecule has 2 aromatic rings. The van der Waals surface area contributed by atoms with Gasteiger partial charge in [-0.1, -0.05) is 6.07 Å². The average Bonchev–Trinajstić information content (AvgIpc) is 2.71. The molecular weight excluding hydrogens is 335 g/mol. The van der Waals surface area contributed by atoms with E-state index in [4.69, 9.17) is 4.74 Å². The molecule has 1 aromatic heterocycles. The topological polar surface area (TPSA) is 66.5 Å². The first kappa shape index (κ1) is 16.9. The van der Waals surface area contributed by atoms with Gasteiger partial charge in [0.05, 0.1) is 24.5 Å². The van der Waals surface area contributed by atoms with Crippen LogP contribution in [-0.4, -0.2) is 43.7 Å². The number of benzene rings is 1. The van der Waals surface area contributed by atoms with Gasteiger partial charge in [0, 0.05) is 25.8 Å². The average molecular weight is 356 g/mol. The molecule has 2 aliphatic rings. The fraction of sp³-hybridized carbons (Fsp3) is 0.368. The van der Waals surface area contributed by atoms with Crippen molar-refractivity contribution >= 4 is 17.4 Å². The van der Waals surface area contributed by atoms with E-state index < -0.39 is 0 Å². The Bertz CT molecular complexity index is 821. The van der Waals surface area contributed by atoms with Crippen molar-refractivity contribution in [2.75, 3.05) is 43.1 Å². The third kappa shape index (κ3) is 3.27. The minimum absolute atomic E-state index is 0.215. The second-order valence-electron chi connectivity index (χ2n) is 6.42. The van der Waals surface area contributed by atoms with Gasteiger partial charge in [0.2, 0.25) is 0 Å². The molecule has 26 heavy (non-hydrogen) atoms. The number of morpholine rings is 1.